The number of rotatable bonds is 7. The Hall–Kier alpha value is -2.82. The summed E-state index contributed by atoms with van der Waals surface area (Å²) < 4.78 is 5.88. The van der Waals surface area contributed by atoms with E-state index in [0.29, 0.717) is 17.0 Å². The predicted octanol–water partition coefficient (Wildman–Crippen LogP) is 4.50. The van der Waals surface area contributed by atoms with Crippen LogP contribution in [0.1, 0.15) is 61.5 Å². The van der Waals surface area contributed by atoms with E-state index in [-0.39, 0.29) is 17.9 Å². The highest BCUT2D eigenvalue weighted by atomic mass is 16.5. The average molecular weight is 395 g/mol. The maximum Gasteiger partial charge on any atom is 0.265 e. The number of carbonyl (C=O) groups is 2. The highest BCUT2D eigenvalue weighted by Crippen LogP contribution is 2.26. The third kappa shape index (κ3) is 5.37. The zero-order valence-corrected chi connectivity index (χ0v) is 17.5. The zero-order chi connectivity index (χ0) is 20.8. The number of carbonyl (C=O) groups excluding carboxylic acids is 2. The standard InChI is InChI=1S/C24H30N2O3/c1-4-16(2)25-24(28)21-11-7-8-12-22(21)26-23(27)17(3)29-20-14-13-18-9-5-6-10-19(18)15-20/h7-8,11-17H,4-6,9-10H2,1-3H3,(H,25,28)(H,26,27)/t16-,17-/m0/s1. The van der Waals surface area contributed by atoms with Crippen molar-refractivity contribution in [2.45, 2.75) is 65.0 Å². The molecule has 0 aromatic heterocycles. The lowest BCUT2D eigenvalue weighted by atomic mass is 9.92. The highest BCUT2D eigenvalue weighted by Gasteiger charge is 2.20. The lowest BCUT2D eigenvalue weighted by molar-refractivity contribution is -0.122. The van der Waals surface area contributed by atoms with E-state index in [4.69, 9.17) is 4.74 Å². The fourth-order valence-electron chi connectivity index (χ4n) is 3.47. The number of amides is 2. The van der Waals surface area contributed by atoms with Crippen molar-refractivity contribution in [2.24, 2.45) is 0 Å². The minimum Gasteiger partial charge on any atom is -0.481 e. The maximum atomic E-state index is 12.7. The van der Waals surface area contributed by atoms with Gasteiger partial charge < -0.3 is 15.4 Å². The third-order valence-electron chi connectivity index (χ3n) is 5.42. The summed E-state index contributed by atoms with van der Waals surface area (Å²) in [4.78, 5) is 25.2. The van der Waals surface area contributed by atoms with Gasteiger partial charge in [0, 0.05) is 6.04 Å². The molecular formula is C24H30N2O3. The number of nitrogens with one attached hydrogen (secondary N) is 2. The molecule has 154 valence electrons. The first-order valence-corrected chi connectivity index (χ1v) is 10.5. The van der Waals surface area contributed by atoms with Gasteiger partial charge in [0.1, 0.15) is 5.75 Å². The quantitative estimate of drug-likeness (QED) is 0.727. The molecule has 1 aliphatic carbocycles. The van der Waals surface area contributed by atoms with Crippen molar-refractivity contribution in [3.8, 4) is 5.75 Å². The Morgan fingerprint density at radius 1 is 1.03 bits per heavy atom. The Morgan fingerprint density at radius 3 is 2.52 bits per heavy atom. The second-order valence-electron chi connectivity index (χ2n) is 7.72. The van der Waals surface area contributed by atoms with Crippen LogP contribution in [0.4, 0.5) is 5.69 Å². The number of ether oxygens (including phenoxy) is 1. The molecule has 2 amide bonds. The Kier molecular flexibility index (Phi) is 6.91. The van der Waals surface area contributed by atoms with E-state index in [1.165, 1.54) is 24.0 Å². The molecule has 2 N–H and O–H groups in total. The van der Waals surface area contributed by atoms with Crippen LogP contribution in [0.5, 0.6) is 5.75 Å². The van der Waals surface area contributed by atoms with Crippen LogP contribution in [0.25, 0.3) is 0 Å². The summed E-state index contributed by atoms with van der Waals surface area (Å²) >= 11 is 0. The van der Waals surface area contributed by atoms with Gasteiger partial charge in [-0.15, -0.1) is 0 Å². The van der Waals surface area contributed by atoms with Crippen LogP contribution >= 0.6 is 0 Å². The maximum absolute atomic E-state index is 12.7. The van der Waals surface area contributed by atoms with Crippen LogP contribution in [0.2, 0.25) is 0 Å². The van der Waals surface area contributed by atoms with E-state index < -0.39 is 6.10 Å². The summed E-state index contributed by atoms with van der Waals surface area (Å²) in [6, 6.07) is 13.2. The number of fused-ring (bicyclic) bond motifs is 1. The number of benzene rings is 2. The summed E-state index contributed by atoms with van der Waals surface area (Å²) in [5.41, 5.74) is 3.62. The van der Waals surface area contributed by atoms with Gasteiger partial charge in [-0.3, -0.25) is 9.59 Å². The second-order valence-corrected chi connectivity index (χ2v) is 7.72. The highest BCUT2D eigenvalue weighted by molar-refractivity contribution is 6.04. The van der Waals surface area contributed by atoms with E-state index in [1.54, 1.807) is 31.2 Å². The van der Waals surface area contributed by atoms with Gasteiger partial charge in [-0.1, -0.05) is 25.1 Å². The molecule has 0 spiro atoms. The first-order valence-electron chi connectivity index (χ1n) is 10.5. The number of hydrogen-bond donors (Lipinski definition) is 2. The molecule has 2 atom stereocenters. The Morgan fingerprint density at radius 2 is 1.76 bits per heavy atom. The number of hydrogen-bond acceptors (Lipinski definition) is 3. The predicted molar refractivity (Wildman–Crippen MR) is 115 cm³/mol. The van der Waals surface area contributed by atoms with E-state index in [2.05, 4.69) is 16.7 Å². The second kappa shape index (κ2) is 9.59. The molecule has 0 bridgehead atoms. The van der Waals surface area contributed by atoms with E-state index in [0.717, 1.165) is 19.3 Å². The van der Waals surface area contributed by atoms with Crippen molar-refractivity contribution >= 4 is 17.5 Å². The SMILES string of the molecule is CC[C@H](C)NC(=O)c1ccccc1NC(=O)[C@H](C)Oc1ccc2c(c1)CCCC2. The fourth-order valence-corrected chi connectivity index (χ4v) is 3.47. The molecule has 0 radical (unpaired) electrons. The van der Waals surface area contributed by atoms with Crippen LogP contribution in [-0.2, 0) is 17.6 Å². The Labute approximate surface area is 172 Å². The van der Waals surface area contributed by atoms with Crippen LogP contribution in [0.3, 0.4) is 0 Å². The van der Waals surface area contributed by atoms with Crippen molar-refractivity contribution in [1.82, 2.24) is 5.32 Å². The van der Waals surface area contributed by atoms with Gasteiger partial charge >= 0.3 is 0 Å². The monoisotopic (exact) mass is 394 g/mol. The topological polar surface area (TPSA) is 67.4 Å². The van der Waals surface area contributed by atoms with Crippen molar-refractivity contribution in [3.05, 3.63) is 59.2 Å². The van der Waals surface area contributed by atoms with Crippen molar-refractivity contribution in [1.29, 1.82) is 0 Å². The summed E-state index contributed by atoms with van der Waals surface area (Å²) in [7, 11) is 0. The molecule has 5 heteroatoms. The minimum absolute atomic E-state index is 0.0672. The number of para-hydroxylation sites is 1. The van der Waals surface area contributed by atoms with Crippen molar-refractivity contribution < 1.29 is 14.3 Å². The van der Waals surface area contributed by atoms with Gasteiger partial charge in [0.25, 0.3) is 11.8 Å². The minimum atomic E-state index is -0.678. The average Bonchev–Trinajstić information content (AvgIpc) is 2.73. The summed E-state index contributed by atoms with van der Waals surface area (Å²) in [5.74, 6) is 0.223. The molecule has 0 heterocycles. The van der Waals surface area contributed by atoms with Crippen molar-refractivity contribution in [2.75, 3.05) is 5.32 Å². The Balaban J connectivity index is 1.66. The number of anilines is 1. The molecule has 0 unspecified atom stereocenters. The number of aryl methyl sites for hydroxylation is 2. The zero-order valence-electron chi connectivity index (χ0n) is 17.5. The van der Waals surface area contributed by atoms with Crippen LogP contribution in [0.15, 0.2) is 42.5 Å². The summed E-state index contributed by atoms with van der Waals surface area (Å²) in [6.45, 7) is 5.68. The largest absolute Gasteiger partial charge is 0.481 e. The lowest BCUT2D eigenvalue weighted by Crippen LogP contribution is -2.34. The third-order valence-corrected chi connectivity index (χ3v) is 5.42. The molecule has 2 aromatic carbocycles. The molecule has 0 saturated heterocycles. The normalized spacial score (nSPS) is 15.0. The van der Waals surface area contributed by atoms with E-state index in [9.17, 15) is 9.59 Å². The molecule has 0 saturated carbocycles. The fraction of sp³-hybridized carbons (Fsp3) is 0.417. The molecule has 5 nitrogen and oxygen atoms in total. The van der Waals surface area contributed by atoms with Gasteiger partial charge in [-0.25, -0.2) is 0 Å². The van der Waals surface area contributed by atoms with Crippen LogP contribution in [0, 0.1) is 0 Å². The van der Waals surface area contributed by atoms with Gasteiger partial charge in [-0.2, -0.15) is 0 Å². The molecule has 3 rings (SSSR count). The molecule has 2 aromatic rings. The summed E-state index contributed by atoms with van der Waals surface area (Å²) in [6.07, 6.45) is 4.76. The summed E-state index contributed by atoms with van der Waals surface area (Å²) in [5, 5.41) is 5.78. The lowest BCUT2D eigenvalue weighted by Gasteiger charge is -2.20. The molecule has 0 aliphatic heterocycles. The molecule has 1 aliphatic rings. The van der Waals surface area contributed by atoms with Gasteiger partial charge in [0.05, 0.1) is 11.3 Å². The van der Waals surface area contributed by atoms with Gasteiger partial charge in [0.15, 0.2) is 6.10 Å². The van der Waals surface area contributed by atoms with Gasteiger partial charge in [0.2, 0.25) is 0 Å². The molecule has 0 fully saturated rings. The Bertz CT molecular complexity index is 878. The molecular weight excluding hydrogens is 364 g/mol. The first kappa shape index (κ1) is 20.9. The van der Waals surface area contributed by atoms with Crippen LogP contribution in [-0.4, -0.2) is 24.0 Å². The van der Waals surface area contributed by atoms with E-state index >= 15 is 0 Å². The smallest absolute Gasteiger partial charge is 0.265 e. The van der Waals surface area contributed by atoms with Crippen LogP contribution < -0.4 is 15.4 Å². The van der Waals surface area contributed by atoms with Gasteiger partial charge in [-0.05, 0) is 81.3 Å². The molecule has 29 heavy (non-hydrogen) atoms. The first-order chi connectivity index (χ1) is 14.0. The van der Waals surface area contributed by atoms with E-state index in [1.807, 2.05) is 26.0 Å². The van der Waals surface area contributed by atoms with Crippen molar-refractivity contribution in [3.63, 3.8) is 0 Å².